The zero-order valence-electron chi connectivity index (χ0n) is 12.2. The van der Waals surface area contributed by atoms with E-state index < -0.39 is 0 Å². The Hall–Kier alpha value is -0.340. The molecule has 102 valence electrons. The summed E-state index contributed by atoms with van der Waals surface area (Å²) in [6.45, 7) is 8.07. The Kier molecular flexibility index (Phi) is 2.87. The van der Waals surface area contributed by atoms with Crippen LogP contribution in [0.4, 0.5) is 0 Å². The highest BCUT2D eigenvalue weighted by atomic mass is 16.7. The topological polar surface area (TPSA) is 18.5 Å². The molecular formula is C16H26O2. The molecule has 2 nitrogen and oxygen atoms in total. The number of hydrogen-bond donors (Lipinski definition) is 0. The number of rotatable bonds is 1. The highest BCUT2D eigenvalue weighted by molar-refractivity contribution is 5.26. The molecule has 18 heavy (non-hydrogen) atoms. The molecule has 5 atom stereocenters. The van der Waals surface area contributed by atoms with E-state index in [9.17, 15) is 0 Å². The molecule has 3 aliphatic rings. The van der Waals surface area contributed by atoms with Gasteiger partial charge >= 0.3 is 0 Å². The maximum Gasteiger partial charge on any atom is 0.172 e. The van der Waals surface area contributed by atoms with Crippen molar-refractivity contribution in [2.45, 2.75) is 52.2 Å². The van der Waals surface area contributed by atoms with Gasteiger partial charge in [0.2, 0.25) is 0 Å². The number of methoxy groups -OCH3 is 1. The van der Waals surface area contributed by atoms with Crippen LogP contribution in [0.1, 0.15) is 46.5 Å². The van der Waals surface area contributed by atoms with Crippen molar-refractivity contribution in [2.75, 3.05) is 13.7 Å². The second kappa shape index (κ2) is 4.08. The lowest BCUT2D eigenvalue weighted by Crippen LogP contribution is -2.54. The predicted molar refractivity (Wildman–Crippen MR) is 72.2 cm³/mol. The highest BCUT2D eigenvalue weighted by Gasteiger charge is 2.62. The van der Waals surface area contributed by atoms with E-state index in [1.165, 1.54) is 12.8 Å². The maximum absolute atomic E-state index is 6.12. The normalized spacial score (nSPS) is 51.6. The van der Waals surface area contributed by atoms with E-state index in [1.54, 1.807) is 5.57 Å². The third kappa shape index (κ3) is 1.42. The molecule has 0 unspecified atom stereocenters. The highest BCUT2D eigenvalue weighted by Crippen LogP contribution is 2.62. The second-order valence-corrected chi connectivity index (χ2v) is 6.77. The van der Waals surface area contributed by atoms with Crippen molar-refractivity contribution in [3.63, 3.8) is 0 Å². The predicted octanol–water partition coefficient (Wildman–Crippen LogP) is 3.77. The molecule has 1 aliphatic heterocycles. The molecule has 2 heteroatoms. The van der Waals surface area contributed by atoms with Gasteiger partial charge in [0.15, 0.2) is 5.79 Å². The lowest BCUT2D eigenvalue weighted by molar-refractivity contribution is -0.249. The van der Waals surface area contributed by atoms with E-state index in [1.807, 2.05) is 7.11 Å². The van der Waals surface area contributed by atoms with E-state index in [2.05, 4.69) is 26.8 Å². The van der Waals surface area contributed by atoms with Crippen LogP contribution in [0.15, 0.2) is 11.6 Å². The fourth-order valence-electron chi connectivity index (χ4n) is 4.99. The van der Waals surface area contributed by atoms with E-state index in [0.717, 1.165) is 25.4 Å². The zero-order valence-corrected chi connectivity index (χ0v) is 12.2. The minimum absolute atomic E-state index is 0.280. The summed E-state index contributed by atoms with van der Waals surface area (Å²) in [5, 5.41) is 0. The monoisotopic (exact) mass is 250 g/mol. The Morgan fingerprint density at radius 2 is 2.17 bits per heavy atom. The summed E-state index contributed by atoms with van der Waals surface area (Å²) in [4.78, 5) is 0. The summed E-state index contributed by atoms with van der Waals surface area (Å²) < 4.78 is 12.0. The molecule has 1 saturated heterocycles. The SMILES string of the molecule is CO[C@]12CCC3=CCC[C@H](C)[C@@]3(C)[C@H]1[C@H](C)CO2. The van der Waals surface area contributed by atoms with Crippen molar-refractivity contribution in [1.29, 1.82) is 0 Å². The largest absolute Gasteiger partial charge is 0.353 e. The van der Waals surface area contributed by atoms with Gasteiger partial charge in [0.25, 0.3) is 0 Å². The molecule has 2 aliphatic carbocycles. The molecule has 0 radical (unpaired) electrons. The fourth-order valence-corrected chi connectivity index (χ4v) is 4.99. The van der Waals surface area contributed by atoms with Crippen molar-refractivity contribution < 1.29 is 9.47 Å². The Bertz CT molecular complexity index is 375. The fraction of sp³-hybridized carbons (Fsp3) is 0.875. The second-order valence-electron chi connectivity index (χ2n) is 6.77. The van der Waals surface area contributed by atoms with Gasteiger partial charge < -0.3 is 9.47 Å². The Morgan fingerprint density at radius 1 is 1.39 bits per heavy atom. The van der Waals surface area contributed by atoms with Crippen LogP contribution < -0.4 is 0 Å². The van der Waals surface area contributed by atoms with Gasteiger partial charge in [0, 0.05) is 19.4 Å². The van der Waals surface area contributed by atoms with Gasteiger partial charge in [-0.2, -0.15) is 0 Å². The van der Waals surface area contributed by atoms with Gasteiger partial charge in [-0.3, -0.25) is 0 Å². The first kappa shape index (κ1) is 12.7. The molecule has 0 amide bonds. The number of hydrogen-bond acceptors (Lipinski definition) is 2. The van der Waals surface area contributed by atoms with Gasteiger partial charge in [0.05, 0.1) is 6.61 Å². The van der Waals surface area contributed by atoms with Crippen LogP contribution in [-0.4, -0.2) is 19.5 Å². The lowest BCUT2D eigenvalue weighted by atomic mass is 9.52. The summed E-state index contributed by atoms with van der Waals surface area (Å²) in [5.41, 5.74) is 1.96. The van der Waals surface area contributed by atoms with Crippen LogP contribution in [0.25, 0.3) is 0 Å². The average molecular weight is 250 g/mol. The Labute approximate surface area is 111 Å². The van der Waals surface area contributed by atoms with E-state index in [4.69, 9.17) is 9.47 Å². The van der Waals surface area contributed by atoms with Gasteiger partial charge in [-0.25, -0.2) is 0 Å². The van der Waals surface area contributed by atoms with Crippen molar-refractivity contribution in [1.82, 2.24) is 0 Å². The first-order chi connectivity index (χ1) is 8.54. The van der Waals surface area contributed by atoms with Gasteiger partial charge in [0.1, 0.15) is 0 Å². The molecular weight excluding hydrogens is 224 g/mol. The van der Waals surface area contributed by atoms with E-state index in [0.29, 0.717) is 11.8 Å². The maximum atomic E-state index is 6.12. The average Bonchev–Trinajstić information content (AvgIpc) is 2.71. The summed E-state index contributed by atoms with van der Waals surface area (Å²) in [5.74, 6) is 1.54. The molecule has 0 N–H and O–H groups in total. The van der Waals surface area contributed by atoms with Crippen LogP contribution in [0, 0.1) is 23.2 Å². The first-order valence-corrected chi connectivity index (χ1v) is 7.43. The number of ether oxygens (including phenoxy) is 2. The quantitative estimate of drug-likeness (QED) is 0.660. The summed E-state index contributed by atoms with van der Waals surface area (Å²) >= 11 is 0. The van der Waals surface area contributed by atoms with E-state index in [-0.39, 0.29) is 11.2 Å². The van der Waals surface area contributed by atoms with Gasteiger partial charge in [-0.05, 0) is 36.5 Å². The molecule has 0 aromatic rings. The molecule has 0 spiro atoms. The van der Waals surface area contributed by atoms with Crippen LogP contribution in [0.5, 0.6) is 0 Å². The Balaban J connectivity index is 2.08. The van der Waals surface area contributed by atoms with Crippen LogP contribution in [-0.2, 0) is 9.47 Å². The third-order valence-corrected chi connectivity index (χ3v) is 6.07. The molecule has 3 rings (SSSR count). The van der Waals surface area contributed by atoms with Crippen LogP contribution in [0.3, 0.4) is 0 Å². The third-order valence-electron chi connectivity index (χ3n) is 6.07. The summed E-state index contributed by atoms with van der Waals surface area (Å²) in [6.07, 6.45) is 7.26. The van der Waals surface area contributed by atoms with Crippen LogP contribution in [0.2, 0.25) is 0 Å². The van der Waals surface area contributed by atoms with Crippen molar-refractivity contribution in [2.24, 2.45) is 23.2 Å². The number of allylic oxidation sites excluding steroid dienone is 2. The molecule has 1 heterocycles. The van der Waals surface area contributed by atoms with Crippen molar-refractivity contribution in [3.05, 3.63) is 11.6 Å². The Morgan fingerprint density at radius 3 is 2.89 bits per heavy atom. The smallest absolute Gasteiger partial charge is 0.172 e. The zero-order chi connectivity index (χ0) is 13.0. The lowest BCUT2D eigenvalue weighted by Gasteiger charge is -2.55. The molecule has 0 aromatic heterocycles. The van der Waals surface area contributed by atoms with Crippen molar-refractivity contribution >= 4 is 0 Å². The van der Waals surface area contributed by atoms with Crippen molar-refractivity contribution in [3.8, 4) is 0 Å². The number of fused-ring (bicyclic) bond motifs is 3. The molecule has 2 fully saturated rings. The summed E-state index contributed by atoms with van der Waals surface area (Å²) in [6, 6.07) is 0. The van der Waals surface area contributed by atoms with Crippen LogP contribution >= 0.6 is 0 Å². The summed E-state index contributed by atoms with van der Waals surface area (Å²) in [7, 11) is 1.83. The minimum Gasteiger partial charge on any atom is -0.353 e. The molecule has 0 aromatic carbocycles. The minimum atomic E-state index is -0.308. The van der Waals surface area contributed by atoms with E-state index >= 15 is 0 Å². The molecule has 1 saturated carbocycles. The standard InChI is InChI=1S/C16H26O2/c1-11-10-18-16(17-4)9-8-13-7-5-6-12(2)15(13,3)14(11)16/h7,11-12,14H,5-6,8-10H2,1-4H3/t11-,12+,14-,15-,16+/m1/s1. The van der Waals surface area contributed by atoms with Gasteiger partial charge in [-0.15, -0.1) is 0 Å². The van der Waals surface area contributed by atoms with Gasteiger partial charge in [-0.1, -0.05) is 32.4 Å². The first-order valence-electron chi connectivity index (χ1n) is 7.43. The molecule has 0 bridgehead atoms.